The highest BCUT2D eigenvalue weighted by Gasteiger charge is 2.53. The quantitative estimate of drug-likeness (QED) is 0.923. The van der Waals surface area contributed by atoms with E-state index in [1.807, 2.05) is 30.3 Å². The summed E-state index contributed by atoms with van der Waals surface area (Å²) in [5.74, 6) is -0.232. The van der Waals surface area contributed by atoms with Crippen molar-refractivity contribution in [3.63, 3.8) is 0 Å². The predicted octanol–water partition coefficient (Wildman–Crippen LogP) is 3.19. The molecule has 0 unspecified atom stereocenters. The van der Waals surface area contributed by atoms with E-state index in [9.17, 15) is 14.7 Å². The largest absolute Gasteiger partial charge is 0.480 e. The summed E-state index contributed by atoms with van der Waals surface area (Å²) in [6.45, 7) is 6.20. The average Bonchev–Trinajstić information content (AvgIpc) is 3.15. The molecule has 0 spiro atoms. The number of thioether (sulfide) groups is 1. The van der Waals surface area contributed by atoms with Gasteiger partial charge in [-0.2, -0.15) is 0 Å². The minimum absolute atomic E-state index is 0.0104. The SMILES string of the molecule is CC(C)(C)[C@@H]1SC[C@H](C(=O)O)N1C(=O)[C@@H]1C[C@@H]1c1ccccc1. The standard InChI is InChI=1S/C18H23NO3S/c1-18(2,3)17-19(14(10-23-17)16(21)22)15(20)13-9-12(13)11-7-5-4-6-8-11/h4-8,12-14,17H,9-10H2,1-3H3,(H,21,22)/t12-,13-,14-,17+/m1/s1. The molecule has 0 bridgehead atoms. The molecule has 2 fully saturated rings. The van der Waals surface area contributed by atoms with E-state index in [0.29, 0.717) is 5.75 Å². The molecule has 1 amide bonds. The molecule has 124 valence electrons. The minimum Gasteiger partial charge on any atom is -0.480 e. The molecule has 1 saturated carbocycles. The third kappa shape index (κ3) is 3.11. The van der Waals surface area contributed by atoms with Gasteiger partial charge in [-0.15, -0.1) is 11.8 Å². The minimum atomic E-state index is -0.894. The molecule has 5 heteroatoms. The Hall–Kier alpha value is -1.49. The summed E-state index contributed by atoms with van der Waals surface area (Å²) in [5, 5.41) is 9.42. The summed E-state index contributed by atoms with van der Waals surface area (Å²) in [4.78, 5) is 26.2. The first kappa shape index (κ1) is 16.4. The molecule has 0 radical (unpaired) electrons. The molecule has 4 atom stereocenters. The summed E-state index contributed by atoms with van der Waals surface area (Å²) in [5.41, 5.74) is 1.04. The molecule has 1 saturated heterocycles. The van der Waals surface area contributed by atoms with Gasteiger partial charge < -0.3 is 10.0 Å². The van der Waals surface area contributed by atoms with Crippen molar-refractivity contribution in [3.8, 4) is 0 Å². The van der Waals surface area contributed by atoms with Gasteiger partial charge in [0.25, 0.3) is 0 Å². The number of hydrogen-bond donors (Lipinski definition) is 1. The fourth-order valence-electron chi connectivity index (χ4n) is 3.36. The van der Waals surface area contributed by atoms with Crippen LogP contribution in [0.2, 0.25) is 0 Å². The molecule has 1 aliphatic heterocycles. The maximum absolute atomic E-state index is 13.0. The number of aliphatic carboxylic acids is 1. The van der Waals surface area contributed by atoms with Crippen molar-refractivity contribution in [1.82, 2.24) is 4.90 Å². The molecule has 1 aromatic rings. The number of carboxylic acids is 1. The summed E-state index contributed by atoms with van der Waals surface area (Å²) in [6, 6.07) is 9.33. The third-order valence-corrected chi connectivity index (χ3v) is 6.37. The highest BCUT2D eigenvalue weighted by molar-refractivity contribution is 8.00. The fourth-order valence-corrected chi connectivity index (χ4v) is 4.94. The predicted molar refractivity (Wildman–Crippen MR) is 91.3 cm³/mol. The van der Waals surface area contributed by atoms with Crippen molar-refractivity contribution >= 4 is 23.6 Å². The van der Waals surface area contributed by atoms with Gasteiger partial charge in [0.2, 0.25) is 5.91 Å². The van der Waals surface area contributed by atoms with Crippen molar-refractivity contribution in [2.75, 3.05) is 5.75 Å². The molecular formula is C18H23NO3S. The molecule has 1 heterocycles. The van der Waals surface area contributed by atoms with Crippen molar-refractivity contribution in [3.05, 3.63) is 35.9 Å². The van der Waals surface area contributed by atoms with E-state index in [1.165, 1.54) is 5.56 Å². The Morgan fingerprint density at radius 1 is 1.22 bits per heavy atom. The summed E-state index contributed by atoms with van der Waals surface area (Å²) in [7, 11) is 0. The first-order valence-electron chi connectivity index (χ1n) is 8.02. The van der Waals surface area contributed by atoms with Crippen LogP contribution in [0.1, 0.15) is 38.7 Å². The van der Waals surface area contributed by atoms with Crippen LogP contribution >= 0.6 is 11.8 Å². The number of benzene rings is 1. The number of carbonyl (C=O) groups is 2. The zero-order valence-electron chi connectivity index (χ0n) is 13.7. The first-order chi connectivity index (χ1) is 10.8. The molecule has 1 N–H and O–H groups in total. The molecule has 4 nitrogen and oxygen atoms in total. The Bertz CT molecular complexity index is 610. The lowest BCUT2D eigenvalue weighted by Crippen LogP contribution is -2.50. The average molecular weight is 333 g/mol. The maximum Gasteiger partial charge on any atom is 0.327 e. The lowest BCUT2D eigenvalue weighted by atomic mass is 9.94. The summed E-state index contributed by atoms with van der Waals surface area (Å²) in [6.07, 6.45) is 0.827. The van der Waals surface area contributed by atoms with Gasteiger partial charge in [-0.3, -0.25) is 4.79 Å². The molecule has 1 aliphatic carbocycles. The smallest absolute Gasteiger partial charge is 0.327 e. The molecule has 0 aromatic heterocycles. The van der Waals surface area contributed by atoms with Gasteiger partial charge in [-0.05, 0) is 23.3 Å². The normalized spacial score (nSPS) is 30.3. The lowest BCUT2D eigenvalue weighted by molar-refractivity contribution is -0.150. The number of carboxylic acid groups (broad SMARTS) is 1. The fraction of sp³-hybridized carbons (Fsp3) is 0.556. The van der Waals surface area contributed by atoms with Crippen LogP contribution in [0.25, 0.3) is 0 Å². The van der Waals surface area contributed by atoms with Gasteiger partial charge >= 0.3 is 5.97 Å². The van der Waals surface area contributed by atoms with E-state index in [1.54, 1.807) is 16.7 Å². The molecule has 1 aromatic carbocycles. The monoisotopic (exact) mass is 333 g/mol. The Morgan fingerprint density at radius 3 is 2.43 bits per heavy atom. The zero-order valence-corrected chi connectivity index (χ0v) is 14.5. The van der Waals surface area contributed by atoms with E-state index in [0.717, 1.165) is 6.42 Å². The van der Waals surface area contributed by atoms with Crippen LogP contribution in [-0.2, 0) is 9.59 Å². The second kappa shape index (κ2) is 5.86. The van der Waals surface area contributed by atoms with E-state index in [4.69, 9.17) is 0 Å². The van der Waals surface area contributed by atoms with E-state index in [-0.39, 0.29) is 28.5 Å². The Morgan fingerprint density at radius 2 is 1.87 bits per heavy atom. The van der Waals surface area contributed by atoms with Crippen LogP contribution in [-0.4, -0.2) is 39.1 Å². The van der Waals surface area contributed by atoms with Gasteiger partial charge in [-0.1, -0.05) is 51.1 Å². The van der Waals surface area contributed by atoms with Gasteiger partial charge in [-0.25, -0.2) is 4.79 Å². The van der Waals surface area contributed by atoms with Crippen LogP contribution in [0.15, 0.2) is 30.3 Å². The van der Waals surface area contributed by atoms with Gasteiger partial charge in [0, 0.05) is 11.7 Å². The van der Waals surface area contributed by atoms with Crippen LogP contribution < -0.4 is 0 Å². The van der Waals surface area contributed by atoms with Crippen molar-refractivity contribution in [2.24, 2.45) is 11.3 Å². The molecule has 23 heavy (non-hydrogen) atoms. The molecular weight excluding hydrogens is 310 g/mol. The summed E-state index contributed by atoms with van der Waals surface area (Å²) >= 11 is 1.59. The van der Waals surface area contributed by atoms with Crippen molar-refractivity contribution < 1.29 is 14.7 Å². The highest BCUT2D eigenvalue weighted by atomic mass is 32.2. The van der Waals surface area contributed by atoms with Crippen LogP contribution in [0, 0.1) is 11.3 Å². The number of carbonyl (C=O) groups excluding carboxylic acids is 1. The lowest BCUT2D eigenvalue weighted by Gasteiger charge is -2.36. The zero-order chi connectivity index (χ0) is 16.8. The molecule has 3 rings (SSSR count). The Kier molecular flexibility index (Phi) is 4.17. The van der Waals surface area contributed by atoms with Gasteiger partial charge in [0.05, 0.1) is 5.37 Å². The second-order valence-corrected chi connectivity index (χ2v) is 8.62. The third-order valence-electron chi connectivity index (χ3n) is 4.62. The van der Waals surface area contributed by atoms with Crippen molar-refractivity contribution in [2.45, 2.75) is 44.5 Å². The highest BCUT2D eigenvalue weighted by Crippen LogP contribution is 2.51. The first-order valence-corrected chi connectivity index (χ1v) is 9.07. The number of amides is 1. The van der Waals surface area contributed by atoms with E-state index in [2.05, 4.69) is 20.8 Å². The Labute approximate surface area is 141 Å². The topological polar surface area (TPSA) is 57.6 Å². The maximum atomic E-state index is 13.0. The van der Waals surface area contributed by atoms with Crippen LogP contribution in [0.3, 0.4) is 0 Å². The van der Waals surface area contributed by atoms with Gasteiger partial charge in [0.1, 0.15) is 6.04 Å². The Balaban J connectivity index is 1.80. The number of hydrogen-bond acceptors (Lipinski definition) is 3. The number of rotatable bonds is 3. The summed E-state index contributed by atoms with van der Waals surface area (Å²) < 4.78 is 0. The van der Waals surface area contributed by atoms with E-state index < -0.39 is 12.0 Å². The number of nitrogens with zero attached hydrogens (tertiary/aromatic N) is 1. The van der Waals surface area contributed by atoms with Crippen LogP contribution in [0.4, 0.5) is 0 Å². The van der Waals surface area contributed by atoms with E-state index >= 15 is 0 Å². The van der Waals surface area contributed by atoms with Crippen LogP contribution in [0.5, 0.6) is 0 Å². The molecule has 2 aliphatic rings. The van der Waals surface area contributed by atoms with Gasteiger partial charge in [0.15, 0.2) is 0 Å². The van der Waals surface area contributed by atoms with Crippen molar-refractivity contribution in [1.29, 1.82) is 0 Å². The second-order valence-electron chi connectivity index (χ2n) is 7.51.